The van der Waals surface area contributed by atoms with E-state index in [1.165, 1.54) is 18.3 Å². The van der Waals surface area contributed by atoms with Crippen molar-refractivity contribution in [2.45, 2.75) is 149 Å². The van der Waals surface area contributed by atoms with Crippen molar-refractivity contribution in [1.82, 2.24) is 40.4 Å². The van der Waals surface area contributed by atoms with Gasteiger partial charge in [-0.1, -0.05) is 57.9 Å². The summed E-state index contributed by atoms with van der Waals surface area (Å²) in [6.07, 6.45) is 6.84. The molecule has 0 spiro atoms. The van der Waals surface area contributed by atoms with Crippen LogP contribution >= 0.6 is 11.3 Å². The van der Waals surface area contributed by atoms with Gasteiger partial charge in [-0.15, -0.1) is 16.4 Å². The molecule has 5 N–H and O–H groups in total. The zero-order valence-electron chi connectivity index (χ0n) is 39.8. The number of unbranched alkanes of at least 4 members (excludes halogenated alkanes) is 1. The van der Waals surface area contributed by atoms with Crippen molar-refractivity contribution in [3.63, 3.8) is 0 Å². The number of benzene rings is 1. The number of piperidine rings is 1. The van der Waals surface area contributed by atoms with Crippen LogP contribution in [0.15, 0.2) is 35.8 Å². The highest BCUT2D eigenvalue weighted by Gasteiger charge is 2.39. The second kappa shape index (κ2) is 25.1. The number of carboxylic acid groups (broad SMARTS) is 1. The highest BCUT2D eigenvalue weighted by atomic mass is 32.1. The summed E-state index contributed by atoms with van der Waals surface area (Å²) in [5.74, 6) is -2.70. The lowest BCUT2D eigenvalue weighted by Crippen LogP contribution is -2.59. The van der Waals surface area contributed by atoms with Crippen LogP contribution in [-0.4, -0.2) is 128 Å². The first kappa shape index (κ1) is 52.7. The van der Waals surface area contributed by atoms with Crippen molar-refractivity contribution in [2.75, 3.05) is 39.1 Å². The predicted octanol–water partition coefficient (Wildman–Crippen LogP) is 5.50. The molecule has 1 aliphatic heterocycles. The number of likely N-dealkylation sites (N-methyl/N-ethyl adjacent to an activating group) is 1. The number of aliphatic hydroxyl groups excluding tert-OH is 1. The fourth-order valence-corrected chi connectivity index (χ4v) is 9.20. The lowest BCUT2D eigenvalue weighted by molar-refractivity contribution is -0.150. The molecule has 1 aromatic carbocycles. The molecule has 1 saturated heterocycles. The molecule has 0 aliphatic carbocycles. The highest BCUT2D eigenvalue weighted by Crippen LogP contribution is 2.32. The molecule has 360 valence electrons. The van der Waals surface area contributed by atoms with Crippen LogP contribution in [0, 0.1) is 17.3 Å². The summed E-state index contributed by atoms with van der Waals surface area (Å²) in [5.41, 5.74) is 1.59. The molecule has 18 heteroatoms. The number of anilines is 1. The monoisotopic (exact) mass is 924 g/mol. The van der Waals surface area contributed by atoms with E-state index in [0.29, 0.717) is 56.6 Å². The third-order valence-corrected chi connectivity index (χ3v) is 13.4. The minimum atomic E-state index is -1.13. The van der Waals surface area contributed by atoms with E-state index >= 15 is 4.79 Å². The van der Waals surface area contributed by atoms with Gasteiger partial charge in [0.25, 0.3) is 5.91 Å². The number of carboxylic acids is 1. The maximum Gasteiger partial charge on any atom is 0.309 e. The van der Waals surface area contributed by atoms with E-state index in [0.717, 1.165) is 36.3 Å². The number of amides is 3. The second-order valence-electron chi connectivity index (χ2n) is 18.5. The zero-order valence-corrected chi connectivity index (χ0v) is 40.7. The van der Waals surface area contributed by atoms with E-state index in [2.05, 4.69) is 31.2 Å². The fourth-order valence-electron chi connectivity index (χ4n) is 8.36. The van der Waals surface area contributed by atoms with Crippen LogP contribution in [0.5, 0.6) is 0 Å². The smallest absolute Gasteiger partial charge is 0.309 e. The minimum absolute atomic E-state index is 0.0498. The Morgan fingerprint density at radius 1 is 1.06 bits per heavy atom. The number of nitrogens with one attached hydrogen (secondary N) is 3. The number of hydrogen-bond donors (Lipinski definition) is 5. The SMILES string of the molecule is CC[C@H](C)[C@H](NC(=O)[C@H]1CCCCN1C)C(=O)N(CCCCc1cn(CCO)nn1)[C@H](C[C@@H](OC(C)=O)c1nc(C(=O)N[C@@H](Cc2ccc(NC)cc2)CC(C)(C)C(=O)O)cs1)C(C)C. The first-order chi connectivity index (χ1) is 30.9. The molecule has 1 aliphatic rings. The molecule has 0 saturated carbocycles. The number of ether oxygens (including phenoxy) is 1. The molecular formula is C47H73N9O8S. The number of aromatic nitrogens is 4. The number of hydrogen-bond acceptors (Lipinski definition) is 13. The largest absolute Gasteiger partial charge is 0.481 e. The number of esters is 1. The Labute approximate surface area is 388 Å². The van der Waals surface area contributed by atoms with Gasteiger partial charge in [0.1, 0.15) is 16.7 Å². The maximum atomic E-state index is 15.1. The van der Waals surface area contributed by atoms with Crippen molar-refractivity contribution in [3.8, 4) is 0 Å². The standard InChI is InChI=1S/C47H73N9O8S/c1-10-31(4)41(51-43(60)38-16-12-13-21-54(38)9)45(61)56(22-14-11-15-35-28-55(23-24-57)53-52-35)39(30(2)3)26-40(64-32(5)58)44-50-37(29-65-44)42(59)49-36(27-47(6,7)46(62)63)25-33-17-19-34(48-8)20-18-33/h17-20,28-31,36,38-41,48,57H,10-16,21-27H2,1-9H3,(H,49,59)(H,51,60)(H,62,63)/t31-,36-,38+,39+,40+,41-/m0/s1. The normalized spacial score (nSPS) is 16.8. The van der Waals surface area contributed by atoms with Gasteiger partial charge < -0.3 is 35.8 Å². The van der Waals surface area contributed by atoms with E-state index in [4.69, 9.17) is 9.72 Å². The molecule has 0 unspecified atom stereocenters. The molecule has 0 bridgehead atoms. The Morgan fingerprint density at radius 2 is 1.78 bits per heavy atom. The number of thiazole rings is 1. The molecule has 6 atom stereocenters. The van der Waals surface area contributed by atoms with Gasteiger partial charge in [0.2, 0.25) is 11.8 Å². The summed E-state index contributed by atoms with van der Waals surface area (Å²) in [6.45, 7) is 14.0. The summed E-state index contributed by atoms with van der Waals surface area (Å²) < 4.78 is 7.55. The number of rotatable bonds is 26. The summed E-state index contributed by atoms with van der Waals surface area (Å²) in [5, 5.41) is 38.9. The number of aryl methyl sites for hydroxylation is 1. The zero-order chi connectivity index (χ0) is 47.8. The number of nitrogens with zero attached hydrogens (tertiary/aromatic N) is 6. The summed E-state index contributed by atoms with van der Waals surface area (Å²) >= 11 is 1.17. The van der Waals surface area contributed by atoms with Crippen LogP contribution in [0.4, 0.5) is 5.69 Å². The average molecular weight is 924 g/mol. The third-order valence-electron chi connectivity index (χ3n) is 12.5. The van der Waals surface area contributed by atoms with Crippen LogP contribution < -0.4 is 16.0 Å². The Morgan fingerprint density at radius 3 is 2.40 bits per heavy atom. The highest BCUT2D eigenvalue weighted by molar-refractivity contribution is 7.09. The van der Waals surface area contributed by atoms with E-state index < -0.39 is 47.5 Å². The molecule has 4 rings (SSSR count). The van der Waals surface area contributed by atoms with Gasteiger partial charge in [0.15, 0.2) is 6.10 Å². The Kier molecular flexibility index (Phi) is 20.3. The van der Waals surface area contributed by atoms with E-state index in [-0.39, 0.29) is 54.8 Å². The number of likely N-dealkylation sites (tertiary alicyclic amines) is 1. The van der Waals surface area contributed by atoms with Gasteiger partial charge >= 0.3 is 11.9 Å². The van der Waals surface area contributed by atoms with Crippen LogP contribution in [0.3, 0.4) is 0 Å². The van der Waals surface area contributed by atoms with Crippen LogP contribution in [0.2, 0.25) is 0 Å². The predicted molar refractivity (Wildman–Crippen MR) is 250 cm³/mol. The molecule has 1 fully saturated rings. The lowest BCUT2D eigenvalue weighted by Gasteiger charge is -2.40. The van der Waals surface area contributed by atoms with Gasteiger partial charge in [-0.3, -0.25) is 28.9 Å². The Bertz CT molecular complexity index is 2000. The molecule has 2 aromatic heterocycles. The van der Waals surface area contributed by atoms with Gasteiger partial charge in [-0.25, -0.2) is 9.67 Å². The summed E-state index contributed by atoms with van der Waals surface area (Å²) in [6, 6.07) is 5.56. The number of carbonyl (C=O) groups is 5. The van der Waals surface area contributed by atoms with E-state index in [1.54, 1.807) is 30.1 Å². The van der Waals surface area contributed by atoms with Gasteiger partial charge in [0, 0.05) is 56.3 Å². The second-order valence-corrected chi connectivity index (χ2v) is 19.4. The molecule has 17 nitrogen and oxygen atoms in total. The molecule has 3 amide bonds. The van der Waals surface area contributed by atoms with E-state index in [9.17, 15) is 29.4 Å². The topological polar surface area (TPSA) is 221 Å². The van der Waals surface area contributed by atoms with Crippen LogP contribution in [0.25, 0.3) is 0 Å². The van der Waals surface area contributed by atoms with Crippen molar-refractivity contribution in [2.24, 2.45) is 17.3 Å². The van der Waals surface area contributed by atoms with Crippen LogP contribution in [-0.2, 0) is 43.3 Å². The number of aliphatic carboxylic acids is 1. The number of aliphatic hydroxyl groups is 1. The number of carbonyl (C=O) groups excluding carboxylic acids is 4. The fraction of sp³-hybridized carbons (Fsp3) is 0.660. The summed E-state index contributed by atoms with van der Waals surface area (Å²) in [7, 11) is 3.77. The van der Waals surface area contributed by atoms with E-state index in [1.807, 2.05) is 71.0 Å². The maximum absolute atomic E-state index is 15.1. The third kappa shape index (κ3) is 15.6. The van der Waals surface area contributed by atoms with Crippen molar-refractivity contribution < 1.29 is 38.9 Å². The molecule has 0 radical (unpaired) electrons. The van der Waals surface area contributed by atoms with Crippen molar-refractivity contribution >= 4 is 46.7 Å². The summed E-state index contributed by atoms with van der Waals surface area (Å²) in [4.78, 5) is 76.4. The van der Waals surface area contributed by atoms with Gasteiger partial charge in [-0.05, 0) is 102 Å². The first-order valence-corrected chi connectivity index (χ1v) is 24.0. The Balaban J connectivity index is 1.63. The lowest BCUT2D eigenvalue weighted by atomic mass is 9.84. The van der Waals surface area contributed by atoms with Crippen molar-refractivity contribution in [3.05, 3.63) is 57.8 Å². The molecule has 3 heterocycles. The van der Waals surface area contributed by atoms with Gasteiger partial charge in [-0.2, -0.15) is 0 Å². The van der Waals surface area contributed by atoms with Crippen LogP contribution in [0.1, 0.15) is 133 Å². The molecular weight excluding hydrogens is 851 g/mol. The molecule has 65 heavy (non-hydrogen) atoms. The molecule has 3 aromatic rings. The first-order valence-electron chi connectivity index (χ1n) is 23.1. The quantitative estimate of drug-likeness (QED) is 0.0497. The Hall–Kier alpha value is -4.94. The van der Waals surface area contributed by atoms with Gasteiger partial charge in [0.05, 0.1) is 30.3 Å². The average Bonchev–Trinajstić information content (AvgIpc) is 3.95. The minimum Gasteiger partial charge on any atom is -0.481 e. The van der Waals surface area contributed by atoms with Crippen molar-refractivity contribution in [1.29, 1.82) is 0 Å².